The molecular weight excluding hydrogens is 328 g/mol. The summed E-state index contributed by atoms with van der Waals surface area (Å²) >= 11 is 0. The van der Waals surface area contributed by atoms with Gasteiger partial charge in [0.05, 0.1) is 24.8 Å². The highest BCUT2D eigenvalue weighted by atomic mass is 19.3. The van der Waals surface area contributed by atoms with Crippen LogP contribution in [-0.2, 0) is 6.54 Å². The van der Waals surface area contributed by atoms with Crippen molar-refractivity contribution in [1.82, 2.24) is 14.9 Å². The lowest BCUT2D eigenvalue weighted by atomic mass is 9.92. The second-order valence-electron chi connectivity index (χ2n) is 6.64. The number of amides is 1. The molecule has 0 bridgehead atoms. The summed E-state index contributed by atoms with van der Waals surface area (Å²) in [5, 5.41) is 2.88. The summed E-state index contributed by atoms with van der Waals surface area (Å²) in [6.07, 6.45) is 3.75. The minimum Gasteiger partial charge on any atom is -0.491 e. The number of nitrogens with zero attached hydrogens (tertiary/aromatic N) is 2. The Kier molecular flexibility index (Phi) is 3.94. The van der Waals surface area contributed by atoms with Crippen LogP contribution in [0.4, 0.5) is 8.78 Å². The van der Waals surface area contributed by atoms with Crippen LogP contribution >= 0.6 is 0 Å². The van der Waals surface area contributed by atoms with Crippen molar-refractivity contribution in [3.8, 4) is 17.0 Å². The number of imidazole rings is 1. The van der Waals surface area contributed by atoms with Crippen LogP contribution in [0.5, 0.6) is 5.75 Å². The van der Waals surface area contributed by atoms with Crippen LogP contribution in [0.15, 0.2) is 30.7 Å². The van der Waals surface area contributed by atoms with E-state index in [9.17, 15) is 13.6 Å². The highest BCUT2D eigenvalue weighted by Crippen LogP contribution is 2.34. The van der Waals surface area contributed by atoms with E-state index in [0.717, 1.165) is 11.3 Å². The van der Waals surface area contributed by atoms with Crippen LogP contribution in [0.3, 0.4) is 0 Å². The largest absolute Gasteiger partial charge is 0.491 e. The number of hydrogen-bond acceptors (Lipinski definition) is 3. The van der Waals surface area contributed by atoms with Gasteiger partial charge in [-0.2, -0.15) is 0 Å². The zero-order valence-electron chi connectivity index (χ0n) is 13.7. The maximum absolute atomic E-state index is 13.2. The first-order valence-electron chi connectivity index (χ1n) is 8.48. The summed E-state index contributed by atoms with van der Waals surface area (Å²) in [5.41, 5.74) is 2.21. The van der Waals surface area contributed by atoms with E-state index in [2.05, 4.69) is 10.3 Å². The second-order valence-corrected chi connectivity index (χ2v) is 6.64. The minimum atomic E-state index is -2.60. The molecule has 25 heavy (non-hydrogen) atoms. The van der Waals surface area contributed by atoms with Crippen molar-refractivity contribution in [3.05, 3.63) is 36.3 Å². The van der Waals surface area contributed by atoms with Gasteiger partial charge in [-0.3, -0.25) is 4.79 Å². The van der Waals surface area contributed by atoms with Crippen molar-refractivity contribution in [3.63, 3.8) is 0 Å². The number of fused-ring (bicyclic) bond motifs is 3. The van der Waals surface area contributed by atoms with Crippen molar-refractivity contribution in [2.45, 2.75) is 44.2 Å². The third kappa shape index (κ3) is 3.23. The van der Waals surface area contributed by atoms with E-state index in [-0.39, 0.29) is 24.8 Å². The van der Waals surface area contributed by atoms with Crippen molar-refractivity contribution in [2.24, 2.45) is 0 Å². The van der Waals surface area contributed by atoms with Gasteiger partial charge >= 0.3 is 0 Å². The van der Waals surface area contributed by atoms with Crippen molar-refractivity contribution in [1.29, 1.82) is 0 Å². The molecule has 4 rings (SSSR count). The lowest BCUT2D eigenvalue weighted by Gasteiger charge is -2.28. The number of carbonyl (C=O) groups excluding carboxylic acids is 1. The molecule has 1 N–H and O–H groups in total. The average Bonchev–Trinajstić information content (AvgIpc) is 2.98. The zero-order valence-corrected chi connectivity index (χ0v) is 13.7. The van der Waals surface area contributed by atoms with Crippen LogP contribution in [0.25, 0.3) is 11.3 Å². The van der Waals surface area contributed by atoms with E-state index in [0.29, 0.717) is 37.3 Å². The van der Waals surface area contributed by atoms with E-state index >= 15 is 0 Å². The molecule has 1 amide bonds. The highest BCUT2D eigenvalue weighted by Gasteiger charge is 2.35. The van der Waals surface area contributed by atoms with Crippen molar-refractivity contribution < 1.29 is 18.3 Å². The molecule has 1 aromatic heterocycles. The Morgan fingerprint density at radius 2 is 2.12 bits per heavy atom. The standard InChI is InChI=1S/C18H19F2N3O2/c19-18(20)5-3-13(4-6-18)22-17(24)12-1-2-16-14(9-12)15-10-21-11-23(15)7-8-25-16/h1-2,9-11,13H,3-8H2,(H,22,24). The Labute approximate surface area is 144 Å². The van der Waals surface area contributed by atoms with E-state index in [1.807, 2.05) is 4.57 Å². The summed E-state index contributed by atoms with van der Waals surface area (Å²) in [6.45, 7) is 1.24. The fraction of sp³-hybridized carbons (Fsp3) is 0.444. The predicted molar refractivity (Wildman–Crippen MR) is 87.8 cm³/mol. The number of aromatic nitrogens is 2. The van der Waals surface area contributed by atoms with Gasteiger partial charge in [0.15, 0.2) is 0 Å². The van der Waals surface area contributed by atoms with Gasteiger partial charge in [0, 0.05) is 30.0 Å². The molecule has 0 unspecified atom stereocenters. The van der Waals surface area contributed by atoms with E-state index in [1.165, 1.54) is 0 Å². The summed E-state index contributed by atoms with van der Waals surface area (Å²) < 4.78 is 34.2. The average molecular weight is 347 g/mol. The lowest BCUT2D eigenvalue weighted by Crippen LogP contribution is -2.40. The van der Waals surface area contributed by atoms with Gasteiger partial charge < -0.3 is 14.6 Å². The molecule has 1 fully saturated rings. The maximum atomic E-state index is 13.2. The Bertz CT molecular complexity index is 793. The van der Waals surface area contributed by atoms with Crippen LogP contribution < -0.4 is 10.1 Å². The van der Waals surface area contributed by atoms with Gasteiger partial charge in [-0.25, -0.2) is 13.8 Å². The van der Waals surface area contributed by atoms with Crippen LogP contribution in [0.1, 0.15) is 36.0 Å². The predicted octanol–water partition coefficient (Wildman–Crippen LogP) is 3.25. The molecule has 0 spiro atoms. The fourth-order valence-corrected chi connectivity index (χ4v) is 3.43. The van der Waals surface area contributed by atoms with Gasteiger partial charge in [-0.1, -0.05) is 0 Å². The topological polar surface area (TPSA) is 56.2 Å². The molecule has 7 heteroatoms. The van der Waals surface area contributed by atoms with Gasteiger partial charge in [0.25, 0.3) is 5.91 Å². The first-order valence-corrected chi connectivity index (χ1v) is 8.48. The normalized spacial score (nSPS) is 19.3. The number of carbonyl (C=O) groups is 1. The summed E-state index contributed by atoms with van der Waals surface area (Å²) in [7, 11) is 0. The molecule has 1 aliphatic heterocycles. The number of halogens is 2. The first kappa shape index (κ1) is 16.1. The number of benzene rings is 1. The molecule has 2 aromatic rings. The molecule has 5 nitrogen and oxygen atoms in total. The number of alkyl halides is 2. The zero-order chi connectivity index (χ0) is 17.4. The van der Waals surface area contributed by atoms with Gasteiger partial charge in [-0.05, 0) is 31.0 Å². The first-order chi connectivity index (χ1) is 12.0. The second kappa shape index (κ2) is 6.13. The molecule has 0 radical (unpaired) electrons. The molecule has 1 saturated carbocycles. The van der Waals surface area contributed by atoms with E-state index < -0.39 is 5.92 Å². The molecule has 1 aromatic carbocycles. The van der Waals surface area contributed by atoms with Gasteiger partial charge in [0.1, 0.15) is 12.4 Å². The molecular formula is C18H19F2N3O2. The number of ether oxygens (including phenoxy) is 1. The molecule has 0 atom stereocenters. The minimum absolute atomic E-state index is 0.171. The third-order valence-corrected chi connectivity index (χ3v) is 4.87. The van der Waals surface area contributed by atoms with E-state index in [4.69, 9.17) is 4.74 Å². The summed E-state index contributed by atoms with van der Waals surface area (Å²) in [6, 6.07) is 5.06. The van der Waals surface area contributed by atoms with E-state index in [1.54, 1.807) is 30.7 Å². The molecule has 2 aliphatic rings. The monoisotopic (exact) mass is 347 g/mol. The molecule has 2 heterocycles. The number of hydrogen-bond donors (Lipinski definition) is 1. The fourth-order valence-electron chi connectivity index (χ4n) is 3.43. The van der Waals surface area contributed by atoms with Crippen molar-refractivity contribution in [2.75, 3.05) is 6.61 Å². The van der Waals surface area contributed by atoms with Crippen LogP contribution in [0.2, 0.25) is 0 Å². The Balaban J connectivity index is 1.54. The molecule has 0 saturated heterocycles. The van der Waals surface area contributed by atoms with Crippen LogP contribution in [-0.4, -0.2) is 34.0 Å². The number of nitrogens with one attached hydrogen (secondary N) is 1. The summed E-state index contributed by atoms with van der Waals surface area (Å²) in [4.78, 5) is 16.7. The molecule has 132 valence electrons. The summed E-state index contributed by atoms with van der Waals surface area (Å²) in [5.74, 6) is -2.12. The Morgan fingerprint density at radius 3 is 2.92 bits per heavy atom. The third-order valence-electron chi connectivity index (χ3n) is 4.87. The lowest BCUT2D eigenvalue weighted by molar-refractivity contribution is -0.0399. The number of rotatable bonds is 2. The molecule has 1 aliphatic carbocycles. The quantitative estimate of drug-likeness (QED) is 0.907. The highest BCUT2D eigenvalue weighted by molar-refractivity contribution is 5.96. The van der Waals surface area contributed by atoms with Gasteiger partial charge in [-0.15, -0.1) is 0 Å². The van der Waals surface area contributed by atoms with Gasteiger partial charge in [0.2, 0.25) is 5.92 Å². The van der Waals surface area contributed by atoms with Crippen LogP contribution in [0, 0.1) is 0 Å². The SMILES string of the molecule is O=C(NC1CCC(F)(F)CC1)c1ccc2c(c1)-c1cncn1CCO2. The smallest absolute Gasteiger partial charge is 0.251 e. The Morgan fingerprint density at radius 1 is 1.32 bits per heavy atom. The Hall–Kier alpha value is -2.44. The maximum Gasteiger partial charge on any atom is 0.251 e. The van der Waals surface area contributed by atoms with Crippen molar-refractivity contribution >= 4 is 5.91 Å².